The lowest BCUT2D eigenvalue weighted by molar-refractivity contribution is 0.168. The normalized spacial score (nSPS) is 12.7. The number of methoxy groups -OCH3 is 1. The minimum absolute atomic E-state index is 0.392. The number of rotatable bonds is 6. The van der Waals surface area contributed by atoms with Crippen LogP contribution in [0.4, 0.5) is 0 Å². The first kappa shape index (κ1) is 14.5. The molecule has 110 valence electrons. The number of aryl methyl sites for hydroxylation is 3. The number of hydrogen-bond donors (Lipinski definition) is 1. The van der Waals surface area contributed by atoms with Crippen molar-refractivity contribution in [2.75, 3.05) is 7.11 Å². The van der Waals surface area contributed by atoms with E-state index < -0.39 is 6.10 Å². The molecule has 7 nitrogen and oxygen atoms in total. The van der Waals surface area contributed by atoms with Gasteiger partial charge in [0.2, 0.25) is 5.88 Å². The molecule has 0 bridgehead atoms. The molecule has 20 heavy (non-hydrogen) atoms. The summed E-state index contributed by atoms with van der Waals surface area (Å²) in [5.41, 5.74) is 1.47. The monoisotopic (exact) mass is 279 g/mol. The molecule has 1 atom stereocenters. The number of aliphatic hydroxyl groups excluding tert-OH is 1. The van der Waals surface area contributed by atoms with Gasteiger partial charge in [-0.05, 0) is 13.3 Å². The van der Waals surface area contributed by atoms with Gasteiger partial charge in [0.25, 0.3) is 0 Å². The van der Waals surface area contributed by atoms with Gasteiger partial charge in [0.05, 0.1) is 24.5 Å². The topological polar surface area (TPSA) is 78.0 Å². The number of hydrogen-bond acceptors (Lipinski definition) is 5. The Morgan fingerprint density at radius 2 is 2.20 bits per heavy atom. The van der Waals surface area contributed by atoms with Gasteiger partial charge >= 0.3 is 0 Å². The molecule has 1 unspecified atom stereocenters. The van der Waals surface area contributed by atoms with Crippen molar-refractivity contribution in [2.24, 2.45) is 7.05 Å². The Bertz CT molecular complexity index is 575. The maximum absolute atomic E-state index is 10.5. The van der Waals surface area contributed by atoms with Gasteiger partial charge in [-0.15, -0.1) is 0 Å². The lowest BCUT2D eigenvalue weighted by Crippen LogP contribution is -2.11. The van der Waals surface area contributed by atoms with Crippen LogP contribution >= 0.6 is 0 Å². The van der Waals surface area contributed by atoms with Crippen LogP contribution in [0, 0.1) is 6.92 Å². The van der Waals surface area contributed by atoms with E-state index in [2.05, 4.69) is 22.1 Å². The van der Waals surface area contributed by atoms with Gasteiger partial charge in [0, 0.05) is 20.0 Å². The Hall–Kier alpha value is -1.89. The maximum atomic E-state index is 10.5. The van der Waals surface area contributed by atoms with Gasteiger partial charge in [-0.3, -0.25) is 4.68 Å². The fourth-order valence-electron chi connectivity index (χ4n) is 2.40. The highest BCUT2D eigenvalue weighted by Crippen LogP contribution is 2.29. The molecule has 0 amide bonds. The summed E-state index contributed by atoms with van der Waals surface area (Å²) in [6.45, 7) is 4.74. The molecule has 1 N–H and O–H groups in total. The SMILES string of the molecule is CCCn1ncnc1CC(O)c1c(C)nn(C)c1OC. The first-order valence-electron chi connectivity index (χ1n) is 6.70. The summed E-state index contributed by atoms with van der Waals surface area (Å²) in [6.07, 6.45) is 2.17. The van der Waals surface area contributed by atoms with E-state index >= 15 is 0 Å². The lowest BCUT2D eigenvalue weighted by Gasteiger charge is -2.12. The molecule has 0 fully saturated rings. The standard InChI is InChI=1S/C13H21N5O2/c1-5-6-18-11(14-8-15-18)7-10(19)12-9(2)16-17(3)13(12)20-4/h8,10,19H,5-7H2,1-4H3. The van der Waals surface area contributed by atoms with E-state index in [9.17, 15) is 5.11 Å². The molecule has 0 aromatic carbocycles. The summed E-state index contributed by atoms with van der Waals surface area (Å²) in [5.74, 6) is 1.35. The maximum Gasteiger partial charge on any atom is 0.217 e. The predicted octanol–water partition coefficient (Wildman–Crippen LogP) is 1.01. The van der Waals surface area contributed by atoms with Gasteiger partial charge in [0.1, 0.15) is 12.2 Å². The van der Waals surface area contributed by atoms with Crippen LogP contribution in [0.15, 0.2) is 6.33 Å². The van der Waals surface area contributed by atoms with Gasteiger partial charge < -0.3 is 9.84 Å². The second-order valence-electron chi connectivity index (χ2n) is 4.75. The minimum atomic E-state index is -0.710. The molecular formula is C13H21N5O2. The molecule has 0 aliphatic heterocycles. The van der Waals surface area contributed by atoms with Crippen LogP contribution in [0.2, 0.25) is 0 Å². The summed E-state index contributed by atoms with van der Waals surface area (Å²) >= 11 is 0. The zero-order chi connectivity index (χ0) is 14.7. The van der Waals surface area contributed by atoms with Crippen molar-refractivity contribution in [1.82, 2.24) is 24.5 Å². The van der Waals surface area contributed by atoms with Crippen LogP contribution in [0.1, 0.15) is 36.5 Å². The van der Waals surface area contributed by atoms with E-state index in [4.69, 9.17) is 4.74 Å². The minimum Gasteiger partial charge on any atom is -0.481 e. The Labute approximate surface area is 118 Å². The highest BCUT2D eigenvalue weighted by atomic mass is 16.5. The highest BCUT2D eigenvalue weighted by Gasteiger charge is 2.23. The molecule has 0 spiro atoms. The lowest BCUT2D eigenvalue weighted by atomic mass is 10.1. The second kappa shape index (κ2) is 6.04. The van der Waals surface area contributed by atoms with Crippen LogP contribution in [0.25, 0.3) is 0 Å². The number of nitrogens with zero attached hydrogens (tertiary/aromatic N) is 5. The Balaban J connectivity index is 2.24. The van der Waals surface area contributed by atoms with Crippen LogP contribution in [-0.4, -0.2) is 36.8 Å². The Morgan fingerprint density at radius 1 is 1.45 bits per heavy atom. The summed E-state index contributed by atoms with van der Waals surface area (Å²) in [7, 11) is 3.37. The van der Waals surface area contributed by atoms with E-state index in [-0.39, 0.29) is 0 Å². The number of ether oxygens (including phenoxy) is 1. The average Bonchev–Trinajstić information content (AvgIpc) is 2.94. The van der Waals surface area contributed by atoms with Crippen molar-refractivity contribution in [3.8, 4) is 5.88 Å². The summed E-state index contributed by atoms with van der Waals surface area (Å²) in [4.78, 5) is 4.22. The van der Waals surface area contributed by atoms with Crippen LogP contribution in [-0.2, 0) is 20.0 Å². The van der Waals surface area contributed by atoms with Crippen molar-refractivity contribution >= 4 is 0 Å². The van der Waals surface area contributed by atoms with Crippen molar-refractivity contribution in [3.05, 3.63) is 23.4 Å². The fourth-order valence-corrected chi connectivity index (χ4v) is 2.40. The molecule has 0 aliphatic carbocycles. The molecule has 0 aliphatic rings. The molecule has 2 aromatic heterocycles. The van der Waals surface area contributed by atoms with Crippen LogP contribution < -0.4 is 4.74 Å². The molecule has 7 heteroatoms. The third-order valence-corrected chi connectivity index (χ3v) is 3.25. The molecule has 2 rings (SSSR count). The summed E-state index contributed by atoms with van der Waals surface area (Å²) in [5, 5.41) is 18.9. The van der Waals surface area contributed by atoms with Gasteiger partial charge in [-0.2, -0.15) is 10.2 Å². The molecular weight excluding hydrogens is 258 g/mol. The van der Waals surface area contributed by atoms with Crippen molar-refractivity contribution in [3.63, 3.8) is 0 Å². The summed E-state index contributed by atoms with van der Waals surface area (Å²) < 4.78 is 8.76. The Morgan fingerprint density at radius 3 is 2.85 bits per heavy atom. The van der Waals surface area contributed by atoms with Crippen molar-refractivity contribution < 1.29 is 9.84 Å². The van der Waals surface area contributed by atoms with E-state index in [1.54, 1.807) is 18.8 Å². The highest BCUT2D eigenvalue weighted by molar-refractivity contribution is 5.33. The van der Waals surface area contributed by atoms with Gasteiger partial charge in [-0.25, -0.2) is 9.67 Å². The van der Waals surface area contributed by atoms with E-state index in [1.165, 1.54) is 6.33 Å². The van der Waals surface area contributed by atoms with Crippen molar-refractivity contribution in [2.45, 2.75) is 39.3 Å². The Kier molecular flexibility index (Phi) is 4.39. The third-order valence-electron chi connectivity index (χ3n) is 3.25. The largest absolute Gasteiger partial charge is 0.481 e. The van der Waals surface area contributed by atoms with E-state index in [0.717, 1.165) is 24.5 Å². The second-order valence-corrected chi connectivity index (χ2v) is 4.75. The predicted molar refractivity (Wildman–Crippen MR) is 73.5 cm³/mol. The van der Waals surface area contributed by atoms with E-state index in [1.807, 2.05) is 11.6 Å². The quantitative estimate of drug-likeness (QED) is 0.854. The first-order chi connectivity index (χ1) is 9.58. The zero-order valence-corrected chi connectivity index (χ0v) is 12.4. The molecule has 0 radical (unpaired) electrons. The smallest absolute Gasteiger partial charge is 0.217 e. The molecule has 0 saturated carbocycles. The summed E-state index contributed by atoms with van der Waals surface area (Å²) in [6, 6.07) is 0. The number of aliphatic hydroxyl groups is 1. The fraction of sp³-hybridized carbons (Fsp3) is 0.615. The van der Waals surface area contributed by atoms with Crippen LogP contribution in [0.5, 0.6) is 5.88 Å². The first-order valence-corrected chi connectivity index (χ1v) is 6.70. The van der Waals surface area contributed by atoms with Crippen LogP contribution in [0.3, 0.4) is 0 Å². The van der Waals surface area contributed by atoms with Gasteiger partial charge in [-0.1, -0.05) is 6.92 Å². The molecule has 2 aromatic rings. The zero-order valence-electron chi connectivity index (χ0n) is 12.4. The molecule has 0 saturated heterocycles. The number of aromatic nitrogens is 5. The average molecular weight is 279 g/mol. The molecule has 2 heterocycles. The van der Waals surface area contributed by atoms with Crippen molar-refractivity contribution in [1.29, 1.82) is 0 Å². The third kappa shape index (κ3) is 2.67. The van der Waals surface area contributed by atoms with E-state index in [0.29, 0.717) is 17.9 Å². The van der Waals surface area contributed by atoms with Gasteiger partial charge in [0.15, 0.2) is 0 Å².